The zero-order valence-corrected chi connectivity index (χ0v) is 10.2. The predicted molar refractivity (Wildman–Crippen MR) is 66.9 cm³/mol. The van der Waals surface area contributed by atoms with E-state index >= 15 is 0 Å². The van der Waals surface area contributed by atoms with Crippen LogP contribution in [0.2, 0.25) is 0 Å². The summed E-state index contributed by atoms with van der Waals surface area (Å²) < 4.78 is 4.98. The van der Waals surface area contributed by atoms with Crippen LogP contribution >= 0.6 is 0 Å². The van der Waals surface area contributed by atoms with Crippen molar-refractivity contribution in [1.29, 1.82) is 0 Å². The molecule has 1 heterocycles. The van der Waals surface area contributed by atoms with Gasteiger partial charge in [-0.1, -0.05) is 12.1 Å². The number of fused-ring (bicyclic) bond motifs is 1. The first kappa shape index (κ1) is 13.9. The number of carbonyl (C=O) groups excluding carboxylic acids is 2. The quantitative estimate of drug-likeness (QED) is 0.344. The van der Waals surface area contributed by atoms with Gasteiger partial charge in [0.1, 0.15) is 5.75 Å². The number of ether oxygens (including phenoxy) is 1. The predicted octanol–water partition coefficient (Wildman–Crippen LogP) is -0.0792. The minimum atomic E-state index is -1.41. The molecule has 0 aliphatic carbocycles. The largest absolute Gasteiger partial charge is 0.480 e. The topological polar surface area (TPSA) is 113 Å². The van der Waals surface area contributed by atoms with E-state index in [1.807, 2.05) is 0 Å². The molecule has 7 heteroatoms. The summed E-state index contributed by atoms with van der Waals surface area (Å²) in [6.07, 6.45) is 0.912. The van der Waals surface area contributed by atoms with Gasteiger partial charge in [0.05, 0.1) is 12.2 Å². The standard InChI is InChI=1S/C13H11NO6/c15-6-9(12(17)18)14-5-8-11(16)7-3-1-2-4-10(7)20-13(8)19/h1-5,8-9,15H,6H2,(H,17,18)/t8-,9-/m1/s1. The van der Waals surface area contributed by atoms with Crippen molar-refractivity contribution in [3.8, 4) is 5.75 Å². The van der Waals surface area contributed by atoms with Crippen molar-refractivity contribution in [3.63, 3.8) is 0 Å². The van der Waals surface area contributed by atoms with Gasteiger partial charge in [-0.15, -0.1) is 0 Å². The van der Waals surface area contributed by atoms with E-state index in [1.165, 1.54) is 12.1 Å². The van der Waals surface area contributed by atoms with Gasteiger partial charge in [-0.2, -0.15) is 0 Å². The lowest BCUT2D eigenvalue weighted by molar-refractivity contribution is -0.139. The van der Waals surface area contributed by atoms with Crippen molar-refractivity contribution in [1.82, 2.24) is 0 Å². The maximum Gasteiger partial charge on any atom is 0.330 e. The van der Waals surface area contributed by atoms with E-state index in [0.717, 1.165) is 6.21 Å². The van der Waals surface area contributed by atoms with Crippen LogP contribution in [0, 0.1) is 5.92 Å². The molecule has 1 aliphatic heterocycles. The monoisotopic (exact) mass is 277 g/mol. The Kier molecular flexibility index (Phi) is 3.90. The number of benzene rings is 1. The van der Waals surface area contributed by atoms with Gasteiger partial charge in [0.25, 0.3) is 0 Å². The highest BCUT2D eigenvalue weighted by molar-refractivity contribution is 6.22. The number of esters is 1. The van der Waals surface area contributed by atoms with Gasteiger partial charge in [-0.05, 0) is 12.1 Å². The Labute approximate surface area is 113 Å². The highest BCUT2D eigenvalue weighted by Crippen LogP contribution is 2.27. The van der Waals surface area contributed by atoms with Crippen molar-refractivity contribution in [2.45, 2.75) is 6.04 Å². The average molecular weight is 277 g/mol. The molecule has 0 aromatic heterocycles. The fourth-order valence-corrected chi connectivity index (χ4v) is 1.71. The smallest absolute Gasteiger partial charge is 0.330 e. The number of nitrogens with zero attached hydrogens (tertiary/aromatic N) is 1. The van der Waals surface area contributed by atoms with E-state index in [1.54, 1.807) is 12.1 Å². The summed E-state index contributed by atoms with van der Waals surface area (Å²) in [5, 5.41) is 17.5. The van der Waals surface area contributed by atoms with Crippen LogP contribution in [0.5, 0.6) is 5.75 Å². The first-order chi connectivity index (χ1) is 9.54. The van der Waals surface area contributed by atoms with E-state index in [9.17, 15) is 14.4 Å². The Morgan fingerprint density at radius 3 is 2.75 bits per heavy atom. The number of aliphatic hydroxyl groups is 1. The molecule has 1 aromatic carbocycles. The number of ketones is 1. The van der Waals surface area contributed by atoms with E-state index < -0.39 is 36.3 Å². The second-order valence-electron chi connectivity index (χ2n) is 4.09. The lowest BCUT2D eigenvalue weighted by atomic mass is 9.95. The summed E-state index contributed by atoms with van der Waals surface area (Å²) in [6.45, 7) is -0.724. The third-order valence-electron chi connectivity index (χ3n) is 2.77. The summed E-state index contributed by atoms with van der Waals surface area (Å²) >= 11 is 0. The third kappa shape index (κ3) is 2.57. The van der Waals surface area contributed by atoms with Crippen LogP contribution in [0.25, 0.3) is 0 Å². The summed E-state index contributed by atoms with van der Waals surface area (Å²) in [5.74, 6) is -3.80. The number of rotatable bonds is 4. The van der Waals surface area contributed by atoms with Crippen LogP contribution in [-0.4, -0.2) is 46.8 Å². The molecule has 0 amide bonds. The maximum atomic E-state index is 12.1. The number of hydrogen-bond donors (Lipinski definition) is 2. The molecular weight excluding hydrogens is 266 g/mol. The van der Waals surface area contributed by atoms with Crippen molar-refractivity contribution in [2.75, 3.05) is 6.61 Å². The normalized spacial score (nSPS) is 19.6. The summed E-state index contributed by atoms with van der Waals surface area (Å²) in [5.41, 5.74) is 0.236. The summed E-state index contributed by atoms with van der Waals surface area (Å²) in [7, 11) is 0. The molecule has 0 radical (unpaired) electrons. The van der Waals surface area contributed by atoms with Crippen LogP contribution in [0.3, 0.4) is 0 Å². The molecule has 0 saturated heterocycles. The summed E-state index contributed by atoms with van der Waals surface area (Å²) in [6, 6.07) is 4.84. The molecule has 0 fully saturated rings. The second kappa shape index (κ2) is 5.62. The molecule has 1 aromatic rings. The SMILES string of the molecule is O=C1Oc2ccccc2C(=O)[C@H]1C=N[C@H](CO)C(=O)O. The van der Waals surface area contributed by atoms with Gasteiger partial charge >= 0.3 is 11.9 Å². The Morgan fingerprint density at radius 2 is 2.10 bits per heavy atom. The van der Waals surface area contributed by atoms with Crippen molar-refractivity contribution < 1.29 is 29.3 Å². The maximum absolute atomic E-state index is 12.1. The van der Waals surface area contributed by atoms with Gasteiger partial charge < -0.3 is 14.9 Å². The molecule has 2 atom stereocenters. The Bertz CT molecular complexity index is 594. The second-order valence-corrected chi connectivity index (χ2v) is 4.09. The van der Waals surface area contributed by atoms with Crippen molar-refractivity contribution >= 4 is 23.9 Å². The molecule has 1 aliphatic rings. The van der Waals surface area contributed by atoms with E-state index in [2.05, 4.69) is 4.99 Å². The van der Waals surface area contributed by atoms with Gasteiger partial charge in [-0.3, -0.25) is 14.6 Å². The first-order valence-electron chi connectivity index (χ1n) is 5.76. The number of Topliss-reactive ketones (excluding diaryl/α,β-unsaturated/α-hetero) is 1. The number of aliphatic carboxylic acids is 1. The van der Waals surface area contributed by atoms with E-state index in [4.69, 9.17) is 14.9 Å². The Balaban J connectivity index is 2.26. The molecule has 0 unspecified atom stereocenters. The van der Waals surface area contributed by atoms with Crippen LogP contribution in [0.1, 0.15) is 10.4 Å². The molecule has 7 nitrogen and oxygen atoms in total. The minimum absolute atomic E-state index is 0.170. The zero-order valence-electron chi connectivity index (χ0n) is 10.2. The zero-order chi connectivity index (χ0) is 14.7. The van der Waals surface area contributed by atoms with E-state index in [0.29, 0.717) is 0 Å². The lowest BCUT2D eigenvalue weighted by Gasteiger charge is -2.19. The molecule has 0 bridgehead atoms. The highest BCUT2D eigenvalue weighted by atomic mass is 16.5. The summed E-state index contributed by atoms with van der Waals surface area (Å²) in [4.78, 5) is 38.0. The van der Waals surface area contributed by atoms with Crippen LogP contribution in [0.15, 0.2) is 29.3 Å². The van der Waals surface area contributed by atoms with Gasteiger partial charge in [0.15, 0.2) is 17.7 Å². The number of aliphatic hydroxyl groups excluding tert-OH is 1. The van der Waals surface area contributed by atoms with E-state index in [-0.39, 0.29) is 11.3 Å². The average Bonchev–Trinajstić information content (AvgIpc) is 2.42. The number of hydrogen-bond acceptors (Lipinski definition) is 6. The van der Waals surface area contributed by atoms with Gasteiger partial charge in [0, 0.05) is 6.21 Å². The third-order valence-corrected chi connectivity index (χ3v) is 2.77. The Hall–Kier alpha value is -2.54. The number of carboxylic acids is 1. The van der Waals surface area contributed by atoms with Crippen LogP contribution in [0.4, 0.5) is 0 Å². The van der Waals surface area contributed by atoms with Crippen LogP contribution in [-0.2, 0) is 9.59 Å². The van der Waals surface area contributed by atoms with Gasteiger partial charge in [0.2, 0.25) is 0 Å². The van der Waals surface area contributed by atoms with Gasteiger partial charge in [-0.25, -0.2) is 4.79 Å². The fraction of sp³-hybridized carbons (Fsp3) is 0.231. The minimum Gasteiger partial charge on any atom is -0.480 e. The number of carbonyl (C=O) groups is 3. The number of aliphatic imine (C=N–C) groups is 1. The number of para-hydroxylation sites is 1. The first-order valence-corrected chi connectivity index (χ1v) is 5.76. The molecule has 2 rings (SSSR count). The Morgan fingerprint density at radius 1 is 1.40 bits per heavy atom. The molecule has 0 spiro atoms. The molecule has 0 saturated carbocycles. The van der Waals surface area contributed by atoms with Crippen molar-refractivity contribution in [2.24, 2.45) is 10.9 Å². The molecular formula is C13H11NO6. The highest BCUT2D eigenvalue weighted by Gasteiger charge is 2.35. The van der Waals surface area contributed by atoms with Crippen LogP contribution < -0.4 is 4.74 Å². The van der Waals surface area contributed by atoms with Crippen molar-refractivity contribution in [3.05, 3.63) is 29.8 Å². The fourth-order valence-electron chi connectivity index (χ4n) is 1.71. The molecule has 2 N–H and O–H groups in total. The number of carboxylic acid groups (broad SMARTS) is 1. The lowest BCUT2D eigenvalue weighted by Crippen LogP contribution is -2.35. The molecule has 104 valence electrons. The molecule has 20 heavy (non-hydrogen) atoms.